The molecule has 2 aromatic rings. The second-order valence-electron chi connectivity index (χ2n) is 6.07. The quantitative estimate of drug-likeness (QED) is 0.847. The molecule has 1 heterocycles. The number of nitrogens with zero attached hydrogens (tertiary/aromatic N) is 2. The molecule has 1 aliphatic rings. The Bertz CT molecular complexity index is 624. The molecule has 22 heavy (non-hydrogen) atoms. The van der Waals surface area contributed by atoms with Gasteiger partial charge >= 0.3 is 0 Å². The van der Waals surface area contributed by atoms with E-state index in [0.29, 0.717) is 12.1 Å². The first-order chi connectivity index (χ1) is 10.7. The number of aromatic nitrogens is 1. The Morgan fingerprint density at radius 2 is 2.00 bits per heavy atom. The van der Waals surface area contributed by atoms with Gasteiger partial charge in [-0.15, -0.1) is 0 Å². The lowest BCUT2D eigenvalue weighted by Gasteiger charge is -2.36. The maximum Gasteiger partial charge on any atom is 0.118 e. The van der Waals surface area contributed by atoms with Crippen LogP contribution in [0.25, 0.3) is 0 Å². The van der Waals surface area contributed by atoms with Crippen LogP contribution in [0.1, 0.15) is 48.7 Å². The van der Waals surface area contributed by atoms with E-state index in [9.17, 15) is 0 Å². The minimum atomic E-state index is 0.351. The monoisotopic (exact) mass is 296 g/mol. The highest BCUT2D eigenvalue weighted by Crippen LogP contribution is 2.36. The zero-order chi connectivity index (χ0) is 15.5. The summed E-state index contributed by atoms with van der Waals surface area (Å²) in [5, 5.41) is 0. The third-order valence-corrected chi connectivity index (χ3v) is 4.87. The van der Waals surface area contributed by atoms with Crippen LogP contribution in [0.4, 0.5) is 0 Å². The summed E-state index contributed by atoms with van der Waals surface area (Å²) in [5.74, 6) is 0.906. The van der Waals surface area contributed by atoms with Crippen LogP contribution < -0.4 is 4.74 Å². The fourth-order valence-electron chi connectivity index (χ4n) is 3.37. The van der Waals surface area contributed by atoms with Crippen molar-refractivity contribution in [2.75, 3.05) is 14.2 Å². The highest BCUT2D eigenvalue weighted by atomic mass is 16.5. The molecule has 0 amide bonds. The number of benzene rings is 1. The molecule has 1 aromatic carbocycles. The topological polar surface area (TPSA) is 25.4 Å². The zero-order valence-electron chi connectivity index (χ0n) is 13.6. The van der Waals surface area contributed by atoms with Crippen molar-refractivity contribution < 1.29 is 4.74 Å². The van der Waals surface area contributed by atoms with Crippen LogP contribution in [0.3, 0.4) is 0 Å². The van der Waals surface area contributed by atoms with Gasteiger partial charge in [-0.2, -0.15) is 0 Å². The van der Waals surface area contributed by atoms with E-state index in [-0.39, 0.29) is 0 Å². The molecule has 0 aliphatic heterocycles. The van der Waals surface area contributed by atoms with Crippen LogP contribution in [0.15, 0.2) is 42.6 Å². The van der Waals surface area contributed by atoms with Gasteiger partial charge in [0, 0.05) is 12.2 Å². The molecule has 0 saturated carbocycles. The molecule has 3 heteroatoms. The van der Waals surface area contributed by atoms with Crippen LogP contribution in [0.5, 0.6) is 5.75 Å². The number of aryl methyl sites for hydroxylation is 1. The van der Waals surface area contributed by atoms with E-state index < -0.39 is 0 Å². The molecule has 3 nitrogen and oxygen atoms in total. The van der Waals surface area contributed by atoms with Crippen LogP contribution in [0.2, 0.25) is 0 Å². The number of methoxy groups -OCH3 is 1. The maximum atomic E-state index is 5.25. The summed E-state index contributed by atoms with van der Waals surface area (Å²) in [6.07, 6.45) is 5.50. The van der Waals surface area contributed by atoms with Gasteiger partial charge in [-0.1, -0.05) is 18.2 Å². The number of ether oxygens (including phenoxy) is 1. The van der Waals surface area contributed by atoms with Gasteiger partial charge in [0.15, 0.2) is 0 Å². The first kappa shape index (κ1) is 15.0. The highest BCUT2D eigenvalue weighted by molar-refractivity contribution is 5.30. The first-order valence-electron chi connectivity index (χ1n) is 8.00. The average molecular weight is 296 g/mol. The van der Waals surface area contributed by atoms with Crippen molar-refractivity contribution in [3.63, 3.8) is 0 Å². The Morgan fingerprint density at radius 3 is 2.73 bits per heavy atom. The van der Waals surface area contributed by atoms with Gasteiger partial charge in [0.25, 0.3) is 0 Å². The summed E-state index contributed by atoms with van der Waals surface area (Å²) in [5.41, 5.74) is 3.98. The number of hydrogen-bond donors (Lipinski definition) is 0. The minimum absolute atomic E-state index is 0.351. The molecule has 0 radical (unpaired) electrons. The lowest BCUT2D eigenvalue weighted by Crippen LogP contribution is -2.31. The summed E-state index contributed by atoms with van der Waals surface area (Å²) < 4.78 is 5.25. The Morgan fingerprint density at radius 1 is 1.23 bits per heavy atom. The number of fused-ring (bicyclic) bond motifs is 1. The highest BCUT2D eigenvalue weighted by Gasteiger charge is 2.28. The predicted octanol–water partition coefficient (Wildman–Crippen LogP) is 4.16. The van der Waals surface area contributed by atoms with E-state index in [2.05, 4.69) is 42.1 Å². The third kappa shape index (κ3) is 2.86. The maximum absolute atomic E-state index is 5.25. The van der Waals surface area contributed by atoms with Gasteiger partial charge in [0.1, 0.15) is 5.75 Å². The van der Waals surface area contributed by atoms with Gasteiger partial charge in [0.05, 0.1) is 18.8 Å². The predicted molar refractivity (Wildman–Crippen MR) is 89.1 cm³/mol. The smallest absolute Gasteiger partial charge is 0.118 e. The van der Waals surface area contributed by atoms with E-state index in [1.165, 1.54) is 29.7 Å². The Hall–Kier alpha value is -1.87. The first-order valence-corrected chi connectivity index (χ1v) is 8.00. The van der Waals surface area contributed by atoms with Crippen molar-refractivity contribution in [2.45, 2.75) is 38.3 Å². The van der Waals surface area contributed by atoms with Gasteiger partial charge < -0.3 is 4.74 Å². The van der Waals surface area contributed by atoms with Crippen LogP contribution in [-0.4, -0.2) is 24.0 Å². The molecule has 1 aromatic heterocycles. The molecule has 0 fully saturated rings. The van der Waals surface area contributed by atoms with Gasteiger partial charge in [-0.05, 0) is 62.6 Å². The molecule has 0 saturated heterocycles. The zero-order valence-corrected chi connectivity index (χ0v) is 13.6. The van der Waals surface area contributed by atoms with Crippen molar-refractivity contribution in [2.24, 2.45) is 0 Å². The van der Waals surface area contributed by atoms with Crippen LogP contribution in [-0.2, 0) is 6.42 Å². The van der Waals surface area contributed by atoms with E-state index in [1.807, 2.05) is 24.4 Å². The SMILES string of the molecule is COc1ccc([C@H](C)N(C)[C@H]2CCCc3cccnc32)cc1. The fourth-order valence-corrected chi connectivity index (χ4v) is 3.37. The molecule has 0 unspecified atom stereocenters. The number of pyridine rings is 1. The number of rotatable bonds is 4. The van der Waals surface area contributed by atoms with Crippen molar-refractivity contribution in [3.05, 3.63) is 59.4 Å². The molecule has 2 atom stereocenters. The average Bonchev–Trinajstić information content (AvgIpc) is 2.60. The second kappa shape index (κ2) is 6.49. The standard InChI is InChI=1S/C19H24N2O/c1-14(15-9-11-17(22-3)12-10-15)21(2)18-8-4-6-16-7-5-13-20-19(16)18/h5,7,9-14,18H,4,6,8H2,1-3H3/t14-,18-/m0/s1. The van der Waals surface area contributed by atoms with Crippen molar-refractivity contribution in [3.8, 4) is 5.75 Å². The molecular weight excluding hydrogens is 272 g/mol. The lowest BCUT2D eigenvalue weighted by molar-refractivity contribution is 0.164. The summed E-state index contributed by atoms with van der Waals surface area (Å²) >= 11 is 0. The molecule has 1 aliphatic carbocycles. The Kier molecular flexibility index (Phi) is 4.44. The van der Waals surface area contributed by atoms with Crippen molar-refractivity contribution >= 4 is 0 Å². The van der Waals surface area contributed by atoms with E-state index in [0.717, 1.165) is 12.2 Å². The van der Waals surface area contributed by atoms with Crippen LogP contribution >= 0.6 is 0 Å². The molecule has 116 valence electrons. The molecule has 0 N–H and O–H groups in total. The van der Waals surface area contributed by atoms with E-state index >= 15 is 0 Å². The Labute approximate surface area is 132 Å². The second-order valence-corrected chi connectivity index (χ2v) is 6.07. The summed E-state index contributed by atoms with van der Waals surface area (Å²) in [6.45, 7) is 2.26. The molecule has 3 rings (SSSR count). The number of hydrogen-bond acceptors (Lipinski definition) is 3. The third-order valence-electron chi connectivity index (χ3n) is 4.87. The minimum Gasteiger partial charge on any atom is -0.497 e. The summed E-state index contributed by atoms with van der Waals surface area (Å²) in [6, 6.07) is 13.4. The molecular formula is C19H24N2O. The Balaban J connectivity index is 1.82. The van der Waals surface area contributed by atoms with Crippen molar-refractivity contribution in [1.29, 1.82) is 0 Å². The van der Waals surface area contributed by atoms with Crippen LogP contribution in [0, 0.1) is 0 Å². The summed E-state index contributed by atoms with van der Waals surface area (Å²) in [4.78, 5) is 7.11. The summed E-state index contributed by atoms with van der Waals surface area (Å²) in [7, 11) is 3.92. The van der Waals surface area contributed by atoms with E-state index in [1.54, 1.807) is 7.11 Å². The van der Waals surface area contributed by atoms with Gasteiger partial charge in [-0.25, -0.2) is 0 Å². The molecule has 0 bridgehead atoms. The van der Waals surface area contributed by atoms with Crippen molar-refractivity contribution in [1.82, 2.24) is 9.88 Å². The largest absolute Gasteiger partial charge is 0.497 e. The molecule has 0 spiro atoms. The van der Waals surface area contributed by atoms with Gasteiger partial charge in [0.2, 0.25) is 0 Å². The fraction of sp³-hybridized carbons (Fsp3) is 0.421. The lowest BCUT2D eigenvalue weighted by atomic mass is 9.90. The normalized spacial score (nSPS) is 18.8. The van der Waals surface area contributed by atoms with Gasteiger partial charge in [-0.3, -0.25) is 9.88 Å². The van der Waals surface area contributed by atoms with E-state index in [4.69, 9.17) is 4.74 Å².